The smallest absolute Gasteiger partial charge is 0.295 e. The van der Waals surface area contributed by atoms with Crippen molar-refractivity contribution in [3.8, 4) is 0 Å². The number of amides is 1. The summed E-state index contributed by atoms with van der Waals surface area (Å²) < 4.78 is 0. The van der Waals surface area contributed by atoms with Gasteiger partial charge in [0.05, 0.1) is 35.0 Å². The quantitative estimate of drug-likeness (QED) is 0.604. The number of piperazine rings is 1. The number of carbonyl (C=O) groups excluding carboxylic acids is 1. The number of aromatic nitrogens is 3. The van der Waals surface area contributed by atoms with Gasteiger partial charge in [0, 0.05) is 23.7 Å². The van der Waals surface area contributed by atoms with Gasteiger partial charge < -0.3 is 5.32 Å². The number of amidine groups is 2. The second-order valence-corrected chi connectivity index (χ2v) is 9.80. The number of hydrogen-bond donors (Lipinski definition) is 1. The summed E-state index contributed by atoms with van der Waals surface area (Å²) in [7, 11) is 0. The van der Waals surface area contributed by atoms with Crippen LogP contribution in [0.4, 0.5) is 0 Å². The topological polar surface area (TPSA) is 95.7 Å². The van der Waals surface area contributed by atoms with Crippen LogP contribution in [0.15, 0.2) is 52.5 Å². The van der Waals surface area contributed by atoms with Crippen LogP contribution in [0.3, 0.4) is 0 Å². The van der Waals surface area contributed by atoms with E-state index < -0.39 is 0 Å². The van der Waals surface area contributed by atoms with E-state index in [0.29, 0.717) is 24.0 Å². The van der Waals surface area contributed by atoms with Gasteiger partial charge in [-0.25, -0.2) is 15.0 Å². The van der Waals surface area contributed by atoms with E-state index in [1.54, 1.807) is 17.4 Å². The predicted molar refractivity (Wildman–Crippen MR) is 143 cm³/mol. The summed E-state index contributed by atoms with van der Waals surface area (Å²) in [6.45, 7) is 16.6. The highest BCUT2D eigenvalue weighted by molar-refractivity contribution is 6.44. The molecule has 1 atom stereocenters. The van der Waals surface area contributed by atoms with Crippen molar-refractivity contribution >= 4 is 23.3 Å². The number of hydrogen-bond acceptors (Lipinski definition) is 6. The number of nitrogens with zero attached hydrogens (tertiary/aromatic N) is 6. The first-order chi connectivity index (χ1) is 17.2. The van der Waals surface area contributed by atoms with Gasteiger partial charge in [0.15, 0.2) is 11.7 Å². The summed E-state index contributed by atoms with van der Waals surface area (Å²) in [5, 5.41) is 3.27. The molecule has 188 valence electrons. The number of allylic oxidation sites excluding steroid dienone is 1. The van der Waals surface area contributed by atoms with E-state index >= 15 is 0 Å². The average Bonchev–Trinajstić information content (AvgIpc) is 3.69. The standard InChI is InChI=1S/C28H35N7O/c1-8-18(5)35-27(33-20(7)23-19(6)31-15-32-25(23)21-10-11-21)24(16(2)3)34-26(28(35)36)30-14-22-12-9-17(4)13-29-22/h9,12-13,15,18,21H,7-8,10-11,14H2,1-6H3,(H,30,34)/t18-/m0/s1. The molecule has 2 aromatic rings. The third-order valence-electron chi connectivity index (χ3n) is 6.58. The first-order valence-electron chi connectivity index (χ1n) is 12.5. The fourth-order valence-corrected chi connectivity index (χ4v) is 4.17. The first kappa shape index (κ1) is 25.4. The van der Waals surface area contributed by atoms with Crippen molar-refractivity contribution in [3.63, 3.8) is 0 Å². The Hall–Kier alpha value is -3.68. The maximum absolute atomic E-state index is 13.7. The van der Waals surface area contributed by atoms with Crippen LogP contribution in [0, 0.1) is 13.8 Å². The molecule has 1 amide bonds. The van der Waals surface area contributed by atoms with Gasteiger partial charge in [-0.05, 0) is 71.1 Å². The van der Waals surface area contributed by atoms with Gasteiger partial charge in [-0.2, -0.15) is 0 Å². The minimum atomic E-state index is -0.212. The van der Waals surface area contributed by atoms with E-state index in [9.17, 15) is 4.79 Å². The SMILES string of the molecule is C=C(N=C1C(=C(C)C)NC(=NCc2ccc(C)cn2)C(=O)N1[C@@H](C)CC)c1c(C)ncnc1C1CC1. The molecule has 36 heavy (non-hydrogen) atoms. The van der Waals surface area contributed by atoms with Crippen LogP contribution in [0.1, 0.15) is 81.1 Å². The van der Waals surface area contributed by atoms with Gasteiger partial charge >= 0.3 is 0 Å². The minimum Gasteiger partial charge on any atom is -0.333 e. The molecule has 0 aromatic carbocycles. The molecule has 0 unspecified atom stereocenters. The van der Waals surface area contributed by atoms with Crippen molar-refractivity contribution in [3.05, 3.63) is 70.7 Å². The Labute approximate surface area is 213 Å². The number of nitrogens with one attached hydrogen (secondary N) is 1. The molecule has 2 aromatic heterocycles. The van der Waals surface area contributed by atoms with Gasteiger partial charge in [0.2, 0.25) is 0 Å². The molecule has 2 aliphatic rings. The lowest BCUT2D eigenvalue weighted by molar-refractivity contribution is -0.122. The third-order valence-corrected chi connectivity index (χ3v) is 6.58. The number of carbonyl (C=O) groups is 1. The summed E-state index contributed by atoms with van der Waals surface area (Å²) in [6, 6.07) is 3.84. The van der Waals surface area contributed by atoms with Crippen LogP contribution in [0.5, 0.6) is 0 Å². The Morgan fingerprint density at radius 2 is 1.97 bits per heavy atom. The van der Waals surface area contributed by atoms with Gasteiger partial charge in [-0.3, -0.25) is 19.7 Å². The molecule has 4 rings (SSSR count). The molecule has 1 N–H and O–H groups in total. The summed E-state index contributed by atoms with van der Waals surface area (Å²) in [5.41, 5.74) is 6.92. The lowest BCUT2D eigenvalue weighted by Crippen LogP contribution is -2.57. The van der Waals surface area contributed by atoms with E-state index in [2.05, 4.69) is 38.8 Å². The molecule has 3 heterocycles. The van der Waals surface area contributed by atoms with Crippen LogP contribution >= 0.6 is 0 Å². The first-order valence-corrected chi connectivity index (χ1v) is 12.5. The number of aryl methyl sites for hydroxylation is 2. The van der Waals surface area contributed by atoms with Gasteiger partial charge in [-0.15, -0.1) is 0 Å². The van der Waals surface area contributed by atoms with E-state index in [-0.39, 0.29) is 17.8 Å². The van der Waals surface area contributed by atoms with Crippen molar-refractivity contribution < 1.29 is 4.79 Å². The monoisotopic (exact) mass is 485 g/mol. The second-order valence-electron chi connectivity index (χ2n) is 9.80. The zero-order valence-electron chi connectivity index (χ0n) is 22.1. The van der Waals surface area contributed by atoms with Gasteiger partial charge in [-0.1, -0.05) is 19.6 Å². The Kier molecular flexibility index (Phi) is 7.43. The van der Waals surface area contributed by atoms with Crippen molar-refractivity contribution in [2.45, 2.75) is 79.3 Å². The van der Waals surface area contributed by atoms with Crippen LogP contribution in [-0.2, 0) is 11.3 Å². The third kappa shape index (κ3) is 5.27. The summed E-state index contributed by atoms with van der Waals surface area (Å²) >= 11 is 0. The summed E-state index contributed by atoms with van der Waals surface area (Å²) in [5.74, 6) is 1.05. The highest BCUT2D eigenvalue weighted by Crippen LogP contribution is 2.42. The second kappa shape index (κ2) is 10.5. The lowest BCUT2D eigenvalue weighted by atomic mass is 10.0. The fraction of sp³-hybridized carbons (Fsp3) is 0.429. The Balaban J connectivity index is 1.75. The number of pyridine rings is 1. The van der Waals surface area contributed by atoms with Crippen molar-refractivity contribution in [1.29, 1.82) is 0 Å². The molecule has 1 saturated carbocycles. The Bertz CT molecular complexity index is 1270. The molecule has 1 aliphatic heterocycles. The van der Waals surface area contributed by atoms with Crippen LogP contribution in [0.2, 0.25) is 0 Å². The molecule has 8 nitrogen and oxygen atoms in total. The maximum atomic E-state index is 13.7. The molecular weight excluding hydrogens is 450 g/mol. The molecule has 1 aliphatic carbocycles. The molecule has 0 bridgehead atoms. The van der Waals surface area contributed by atoms with E-state index in [0.717, 1.165) is 58.7 Å². The molecule has 2 fully saturated rings. The molecule has 8 heteroatoms. The maximum Gasteiger partial charge on any atom is 0.295 e. The van der Waals surface area contributed by atoms with Crippen molar-refractivity contribution in [2.24, 2.45) is 9.98 Å². The fourth-order valence-electron chi connectivity index (χ4n) is 4.17. The number of aliphatic imine (C=N–C) groups is 2. The normalized spacial score (nSPS) is 19.0. The lowest BCUT2D eigenvalue weighted by Gasteiger charge is -2.36. The van der Waals surface area contributed by atoms with Crippen LogP contribution in [-0.4, -0.2) is 43.5 Å². The largest absolute Gasteiger partial charge is 0.333 e. The molecule has 1 saturated heterocycles. The van der Waals surface area contributed by atoms with Crippen LogP contribution in [0.25, 0.3) is 5.70 Å². The molecular formula is C28H35N7O. The van der Waals surface area contributed by atoms with Crippen molar-refractivity contribution in [1.82, 2.24) is 25.2 Å². The van der Waals surface area contributed by atoms with Gasteiger partial charge in [0.1, 0.15) is 6.33 Å². The van der Waals surface area contributed by atoms with E-state index in [4.69, 9.17) is 4.99 Å². The summed E-state index contributed by atoms with van der Waals surface area (Å²) in [6.07, 6.45) is 6.40. The van der Waals surface area contributed by atoms with E-state index in [1.165, 1.54) is 0 Å². The molecule has 0 spiro atoms. The Morgan fingerprint density at radius 1 is 1.22 bits per heavy atom. The molecule has 0 radical (unpaired) electrons. The van der Waals surface area contributed by atoms with Gasteiger partial charge in [0.25, 0.3) is 5.91 Å². The summed E-state index contributed by atoms with van der Waals surface area (Å²) in [4.78, 5) is 38.4. The zero-order chi connectivity index (χ0) is 26.0. The zero-order valence-corrected chi connectivity index (χ0v) is 22.1. The average molecular weight is 486 g/mol. The predicted octanol–water partition coefficient (Wildman–Crippen LogP) is 4.86. The van der Waals surface area contributed by atoms with Crippen LogP contribution < -0.4 is 5.32 Å². The minimum absolute atomic E-state index is 0.0841. The Morgan fingerprint density at radius 3 is 2.58 bits per heavy atom. The van der Waals surface area contributed by atoms with E-state index in [1.807, 2.05) is 46.8 Å². The highest BCUT2D eigenvalue weighted by atomic mass is 16.2. The number of rotatable bonds is 7. The van der Waals surface area contributed by atoms with Crippen molar-refractivity contribution in [2.75, 3.05) is 0 Å². The highest BCUT2D eigenvalue weighted by Gasteiger charge is 2.37.